The van der Waals surface area contributed by atoms with Crippen LogP contribution in [0, 0.1) is 13.8 Å². The SMILES string of the molecule is CN=C(NCCC(C)N(C)Cc1ccccc1)NCc1c(C)nn(CCOC)c1C. The average Bonchev–Trinajstić information content (AvgIpc) is 3.02. The van der Waals surface area contributed by atoms with E-state index < -0.39 is 0 Å². The largest absolute Gasteiger partial charge is 0.383 e. The minimum Gasteiger partial charge on any atom is -0.383 e. The molecule has 7 nitrogen and oxygen atoms in total. The van der Waals surface area contributed by atoms with Gasteiger partial charge in [0.2, 0.25) is 0 Å². The Hall–Kier alpha value is -2.38. The fraction of sp³-hybridized carbons (Fsp3) is 0.565. The smallest absolute Gasteiger partial charge is 0.191 e. The standard InChI is InChI=1S/C23H38N6O/c1-18(28(5)17-21-10-8-7-9-11-21)12-13-25-23(24-4)26-16-22-19(2)27-29(20(22)3)14-15-30-6/h7-11,18H,12-17H2,1-6H3,(H2,24,25,26). The average molecular weight is 415 g/mol. The second-order valence-electron chi connectivity index (χ2n) is 7.76. The molecular weight excluding hydrogens is 376 g/mol. The molecule has 0 fully saturated rings. The van der Waals surface area contributed by atoms with Crippen molar-refractivity contribution < 1.29 is 4.74 Å². The Bertz CT molecular complexity index is 786. The molecule has 0 aliphatic heterocycles. The van der Waals surface area contributed by atoms with E-state index in [-0.39, 0.29) is 0 Å². The summed E-state index contributed by atoms with van der Waals surface area (Å²) in [7, 11) is 5.70. The number of aromatic nitrogens is 2. The van der Waals surface area contributed by atoms with E-state index in [1.807, 2.05) is 18.7 Å². The van der Waals surface area contributed by atoms with E-state index in [2.05, 4.69) is 76.9 Å². The topological polar surface area (TPSA) is 66.7 Å². The van der Waals surface area contributed by atoms with Gasteiger partial charge in [-0.05, 0) is 39.8 Å². The van der Waals surface area contributed by atoms with Gasteiger partial charge in [-0.15, -0.1) is 0 Å². The highest BCUT2D eigenvalue weighted by atomic mass is 16.5. The van der Waals surface area contributed by atoms with E-state index in [1.54, 1.807) is 7.11 Å². The van der Waals surface area contributed by atoms with Crippen molar-refractivity contribution >= 4 is 5.96 Å². The third-order valence-electron chi connectivity index (χ3n) is 5.58. The van der Waals surface area contributed by atoms with Crippen molar-refractivity contribution in [2.75, 3.05) is 34.4 Å². The van der Waals surface area contributed by atoms with E-state index in [0.717, 1.165) is 37.7 Å². The molecule has 30 heavy (non-hydrogen) atoms. The summed E-state index contributed by atoms with van der Waals surface area (Å²) in [5, 5.41) is 11.5. The first-order valence-electron chi connectivity index (χ1n) is 10.7. The van der Waals surface area contributed by atoms with Gasteiger partial charge in [0.05, 0.1) is 18.8 Å². The number of rotatable bonds is 11. The number of nitrogens with one attached hydrogen (secondary N) is 2. The zero-order valence-corrected chi connectivity index (χ0v) is 19.4. The van der Waals surface area contributed by atoms with Crippen LogP contribution in [0.25, 0.3) is 0 Å². The van der Waals surface area contributed by atoms with Crippen LogP contribution in [0.15, 0.2) is 35.3 Å². The summed E-state index contributed by atoms with van der Waals surface area (Å²) < 4.78 is 7.18. The molecule has 1 unspecified atom stereocenters. The summed E-state index contributed by atoms with van der Waals surface area (Å²) in [6.45, 7) is 10.4. The second kappa shape index (κ2) is 12.3. The summed E-state index contributed by atoms with van der Waals surface area (Å²) >= 11 is 0. The third kappa shape index (κ3) is 7.15. The summed E-state index contributed by atoms with van der Waals surface area (Å²) in [6, 6.07) is 11.1. The molecule has 1 heterocycles. The van der Waals surface area contributed by atoms with Crippen molar-refractivity contribution in [3.8, 4) is 0 Å². The van der Waals surface area contributed by atoms with E-state index in [9.17, 15) is 0 Å². The van der Waals surface area contributed by atoms with Crippen molar-refractivity contribution in [2.45, 2.75) is 52.9 Å². The van der Waals surface area contributed by atoms with Crippen LogP contribution in [0.1, 0.15) is 35.9 Å². The molecule has 0 bridgehead atoms. The number of methoxy groups -OCH3 is 1. The zero-order chi connectivity index (χ0) is 21.9. The molecule has 0 spiro atoms. The van der Waals surface area contributed by atoms with Gasteiger partial charge in [0.15, 0.2) is 5.96 Å². The van der Waals surface area contributed by atoms with Crippen LogP contribution in [0.4, 0.5) is 0 Å². The van der Waals surface area contributed by atoms with Gasteiger partial charge in [0.1, 0.15) is 0 Å². The third-order valence-corrected chi connectivity index (χ3v) is 5.58. The number of guanidine groups is 1. The van der Waals surface area contributed by atoms with Gasteiger partial charge in [-0.25, -0.2) is 0 Å². The molecule has 1 atom stereocenters. The molecule has 166 valence electrons. The molecule has 0 amide bonds. The Morgan fingerprint density at radius 2 is 1.97 bits per heavy atom. The quantitative estimate of drug-likeness (QED) is 0.437. The maximum absolute atomic E-state index is 5.17. The minimum atomic E-state index is 0.472. The lowest BCUT2D eigenvalue weighted by atomic mass is 10.1. The van der Waals surface area contributed by atoms with E-state index in [1.165, 1.54) is 16.8 Å². The maximum Gasteiger partial charge on any atom is 0.191 e. The highest BCUT2D eigenvalue weighted by Gasteiger charge is 2.13. The van der Waals surface area contributed by atoms with Gasteiger partial charge in [0, 0.05) is 51.1 Å². The number of ether oxygens (including phenoxy) is 1. The lowest BCUT2D eigenvalue weighted by Crippen LogP contribution is -2.39. The van der Waals surface area contributed by atoms with Gasteiger partial charge >= 0.3 is 0 Å². The highest BCUT2D eigenvalue weighted by molar-refractivity contribution is 5.79. The van der Waals surface area contributed by atoms with Crippen LogP contribution >= 0.6 is 0 Å². The molecule has 2 aromatic rings. The molecule has 1 aromatic carbocycles. The molecular formula is C23H38N6O. The monoisotopic (exact) mass is 414 g/mol. The van der Waals surface area contributed by atoms with E-state index in [0.29, 0.717) is 19.2 Å². The molecule has 1 aromatic heterocycles. The summed E-state index contributed by atoms with van der Waals surface area (Å²) in [6.07, 6.45) is 1.04. The van der Waals surface area contributed by atoms with Gasteiger partial charge in [-0.3, -0.25) is 14.6 Å². The number of aliphatic imine (C=N–C) groups is 1. The first kappa shape index (κ1) is 23.9. The number of benzene rings is 1. The summed E-state index contributed by atoms with van der Waals surface area (Å²) in [4.78, 5) is 6.75. The maximum atomic E-state index is 5.17. The number of hydrogen-bond donors (Lipinski definition) is 2. The van der Waals surface area contributed by atoms with Gasteiger partial charge in [-0.1, -0.05) is 30.3 Å². The van der Waals surface area contributed by atoms with Crippen molar-refractivity contribution in [1.82, 2.24) is 25.3 Å². The van der Waals surface area contributed by atoms with E-state index >= 15 is 0 Å². The number of aryl methyl sites for hydroxylation is 1. The van der Waals surface area contributed by atoms with E-state index in [4.69, 9.17) is 4.74 Å². The number of nitrogens with zero attached hydrogens (tertiary/aromatic N) is 4. The molecule has 2 N–H and O–H groups in total. The summed E-state index contributed by atoms with van der Waals surface area (Å²) in [5.41, 5.74) is 4.77. The predicted octanol–water partition coefficient (Wildman–Crippen LogP) is 2.72. The molecule has 0 radical (unpaired) electrons. The molecule has 7 heteroatoms. The highest BCUT2D eigenvalue weighted by Crippen LogP contribution is 2.13. The Labute approximate surface area is 181 Å². The fourth-order valence-electron chi connectivity index (χ4n) is 3.43. The first-order chi connectivity index (χ1) is 14.5. The zero-order valence-electron chi connectivity index (χ0n) is 19.4. The second-order valence-corrected chi connectivity index (χ2v) is 7.76. The van der Waals surface area contributed by atoms with Crippen LogP contribution in [0.3, 0.4) is 0 Å². The van der Waals surface area contributed by atoms with Gasteiger partial charge < -0.3 is 15.4 Å². The first-order valence-corrected chi connectivity index (χ1v) is 10.7. The molecule has 0 saturated heterocycles. The van der Waals surface area contributed by atoms with Crippen molar-refractivity contribution in [2.24, 2.45) is 4.99 Å². The van der Waals surface area contributed by atoms with Gasteiger partial charge in [0.25, 0.3) is 0 Å². The molecule has 0 aliphatic carbocycles. The van der Waals surface area contributed by atoms with Crippen molar-refractivity contribution in [1.29, 1.82) is 0 Å². The fourth-order valence-corrected chi connectivity index (χ4v) is 3.43. The Balaban J connectivity index is 1.78. The van der Waals surface area contributed by atoms with Gasteiger partial charge in [-0.2, -0.15) is 5.10 Å². The molecule has 0 saturated carbocycles. The van der Waals surface area contributed by atoms with Crippen molar-refractivity contribution in [3.05, 3.63) is 52.8 Å². The van der Waals surface area contributed by atoms with Crippen molar-refractivity contribution in [3.63, 3.8) is 0 Å². The molecule has 0 aliphatic rings. The van der Waals surface area contributed by atoms with Crippen LogP contribution in [0.2, 0.25) is 0 Å². The van der Waals surface area contributed by atoms with Crippen LogP contribution in [-0.2, 0) is 24.4 Å². The predicted molar refractivity (Wildman–Crippen MR) is 124 cm³/mol. The van der Waals surface area contributed by atoms with Crippen LogP contribution in [0.5, 0.6) is 0 Å². The Morgan fingerprint density at radius 1 is 1.23 bits per heavy atom. The summed E-state index contributed by atoms with van der Waals surface area (Å²) in [5.74, 6) is 0.816. The Morgan fingerprint density at radius 3 is 2.63 bits per heavy atom. The van der Waals surface area contributed by atoms with Crippen LogP contribution in [-0.4, -0.2) is 61.0 Å². The lowest BCUT2D eigenvalue weighted by molar-refractivity contribution is 0.182. The normalized spacial score (nSPS) is 13.0. The number of hydrogen-bond acceptors (Lipinski definition) is 4. The Kier molecular flexibility index (Phi) is 9.83. The lowest BCUT2D eigenvalue weighted by Gasteiger charge is -2.25. The molecule has 2 rings (SSSR count). The van der Waals surface area contributed by atoms with Crippen LogP contribution < -0.4 is 10.6 Å². The minimum absolute atomic E-state index is 0.472.